The molecular formula is C14H17NO5S. The Morgan fingerprint density at radius 3 is 2.76 bits per heavy atom. The van der Waals surface area contributed by atoms with Crippen LogP contribution in [-0.4, -0.2) is 39.1 Å². The Hall–Kier alpha value is -1.89. The van der Waals surface area contributed by atoms with Crippen molar-refractivity contribution in [2.24, 2.45) is 0 Å². The molecule has 6 nitrogen and oxygen atoms in total. The van der Waals surface area contributed by atoms with Crippen LogP contribution < -0.4 is 4.31 Å². The number of para-hydroxylation sites is 1. The molecule has 0 radical (unpaired) electrons. The molecule has 1 aliphatic rings. The van der Waals surface area contributed by atoms with Gasteiger partial charge in [0, 0.05) is 18.5 Å². The maximum Gasteiger partial charge on any atom is 0.306 e. The lowest BCUT2D eigenvalue weighted by atomic mass is 10.0. The smallest absolute Gasteiger partial charge is 0.306 e. The molecule has 0 amide bonds. The van der Waals surface area contributed by atoms with Gasteiger partial charge in [-0.15, -0.1) is 0 Å². The highest BCUT2D eigenvalue weighted by Gasteiger charge is 2.31. The number of carbonyl (C=O) groups excluding carboxylic acids is 2. The fourth-order valence-corrected chi connectivity index (χ4v) is 3.70. The van der Waals surface area contributed by atoms with E-state index in [1.165, 1.54) is 4.31 Å². The molecule has 0 unspecified atom stereocenters. The molecule has 0 saturated heterocycles. The van der Waals surface area contributed by atoms with Crippen molar-refractivity contribution in [3.05, 3.63) is 29.8 Å². The first-order valence-corrected chi connectivity index (χ1v) is 8.35. The molecule has 0 spiro atoms. The van der Waals surface area contributed by atoms with E-state index in [4.69, 9.17) is 4.74 Å². The van der Waals surface area contributed by atoms with Gasteiger partial charge >= 0.3 is 5.97 Å². The third-order valence-corrected chi connectivity index (χ3v) is 4.99. The minimum Gasteiger partial charge on any atom is -0.466 e. The SMILES string of the molecule is CCOC(=O)CCS(=O)(=O)N1CCC(=O)c2ccccc21. The Balaban J connectivity index is 2.20. The van der Waals surface area contributed by atoms with E-state index in [1.54, 1.807) is 31.2 Å². The molecule has 114 valence electrons. The number of Topliss-reactive ketones (excluding diaryl/α,β-unsaturated/α-hetero) is 1. The van der Waals surface area contributed by atoms with Gasteiger partial charge in [0.05, 0.1) is 24.5 Å². The number of ether oxygens (including phenoxy) is 1. The first-order chi connectivity index (χ1) is 9.95. The van der Waals surface area contributed by atoms with Crippen molar-refractivity contribution in [3.63, 3.8) is 0 Å². The predicted octanol–water partition coefficient (Wildman–Crippen LogP) is 1.36. The summed E-state index contributed by atoms with van der Waals surface area (Å²) >= 11 is 0. The molecule has 7 heteroatoms. The summed E-state index contributed by atoms with van der Waals surface area (Å²) < 4.78 is 30.7. The number of sulfonamides is 1. The van der Waals surface area contributed by atoms with E-state index in [9.17, 15) is 18.0 Å². The van der Waals surface area contributed by atoms with Crippen molar-refractivity contribution in [2.45, 2.75) is 19.8 Å². The number of anilines is 1. The fraction of sp³-hybridized carbons (Fsp3) is 0.429. The standard InChI is InChI=1S/C14H17NO5S/c1-2-20-14(17)8-10-21(18,19)15-9-7-13(16)11-5-3-4-6-12(11)15/h3-6H,2,7-10H2,1H3. The van der Waals surface area contributed by atoms with Crippen LogP contribution in [-0.2, 0) is 19.6 Å². The van der Waals surface area contributed by atoms with E-state index in [0.29, 0.717) is 11.3 Å². The molecule has 0 N–H and O–H groups in total. The van der Waals surface area contributed by atoms with E-state index in [-0.39, 0.29) is 37.5 Å². The van der Waals surface area contributed by atoms with Crippen LogP contribution in [0, 0.1) is 0 Å². The minimum absolute atomic E-state index is 0.0672. The van der Waals surface area contributed by atoms with Gasteiger partial charge in [-0.1, -0.05) is 12.1 Å². The van der Waals surface area contributed by atoms with Crippen LogP contribution in [0.1, 0.15) is 30.1 Å². The number of rotatable bonds is 5. The molecule has 0 aromatic heterocycles. The fourth-order valence-electron chi connectivity index (χ4n) is 2.23. The highest BCUT2D eigenvalue weighted by atomic mass is 32.2. The Labute approximate surface area is 123 Å². The minimum atomic E-state index is -3.65. The number of esters is 1. The van der Waals surface area contributed by atoms with Gasteiger partial charge in [0.2, 0.25) is 10.0 Å². The highest BCUT2D eigenvalue weighted by Crippen LogP contribution is 2.29. The average Bonchev–Trinajstić information content (AvgIpc) is 2.46. The third-order valence-electron chi connectivity index (χ3n) is 3.22. The van der Waals surface area contributed by atoms with E-state index < -0.39 is 16.0 Å². The van der Waals surface area contributed by atoms with Crippen LogP contribution in [0.4, 0.5) is 5.69 Å². The molecule has 21 heavy (non-hydrogen) atoms. The predicted molar refractivity (Wildman–Crippen MR) is 77.8 cm³/mol. The average molecular weight is 311 g/mol. The van der Waals surface area contributed by atoms with Gasteiger partial charge in [-0.05, 0) is 19.1 Å². The van der Waals surface area contributed by atoms with E-state index >= 15 is 0 Å². The molecular weight excluding hydrogens is 294 g/mol. The lowest BCUT2D eigenvalue weighted by molar-refractivity contribution is -0.142. The molecule has 0 atom stereocenters. The van der Waals surface area contributed by atoms with Gasteiger partial charge < -0.3 is 4.74 Å². The zero-order valence-corrected chi connectivity index (χ0v) is 12.6. The van der Waals surface area contributed by atoms with Crippen LogP contribution in [0.3, 0.4) is 0 Å². The van der Waals surface area contributed by atoms with Gasteiger partial charge in [-0.2, -0.15) is 0 Å². The Morgan fingerprint density at radius 1 is 1.33 bits per heavy atom. The lowest BCUT2D eigenvalue weighted by Crippen LogP contribution is -2.39. The molecule has 0 aliphatic carbocycles. The van der Waals surface area contributed by atoms with Crippen molar-refractivity contribution < 1.29 is 22.7 Å². The zero-order chi connectivity index (χ0) is 15.5. The molecule has 1 aromatic carbocycles. The van der Waals surface area contributed by atoms with Crippen LogP contribution in [0.25, 0.3) is 0 Å². The van der Waals surface area contributed by atoms with Crippen LogP contribution >= 0.6 is 0 Å². The molecule has 0 fully saturated rings. The van der Waals surface area contributed by atoms with Crippen molar-refractivity contribution >= 4 is 27.5 Å². The van der Waals surface area contributed by atoms with E-state index in [2.05, 4.69) is 0 Å². The first-order valence-electron chi connectivity index (χ1n) is 6.74. The molecule has 1 aliphatic heterocycles. The highest BCUT2D eigenvalue weighted by molar-refractivity contribution is 7.92. The van der Waals surface area contributed by atoms with Crippen molar-refractivity contribution in [2.75, 3.05) is 23.2 Å². The molecule has 2 rings (SSSR count). The summed E-state index contributed by atoms with van der Waals surface area (Å²) in [7, 11) is -3.65. The number of nitrogens with zero attached hydrogens (tertiary/aromatic N) is 1. The second-order valence-electron chi connectivity index (χ2n) is 4.63. The summed E-state index contributed by atoms with van der Waals surface area (Å²) in [4.78, 5) is 23.1. The number of hydrogen-bond acceptors (Lipinski definition) is 5. The largest absolute Gasteiger partial charge is 0.466 e. The van der Waals surface area contributed by atoms with Gasteiger partial charge in [0.1, 0.15) is 0 Å². The first kappa shape index (κ1) is 15.5. The van der Waals surface area contributed by atoms with Gasteiger partial charge in [-0.25, -0.2) is 8.42 Å². The second kappa shape index (κ2) is 6.26. The number of hydrogen-bond donors (Lipinski definition) is 0. The molecule has 0 bridgehead atoms. The molecule has 0 saturated carbocycles. The maximum atomic E-state index is 12.4. The van der Waals surface area contributed by atoms with Gasteiger partial charge in [-0.3, -0.25) is 13.9 Å². The van der Waals surface area contributed by atoms with Crippen molar-refractivity contribution in [3.8, 4) is 0 Å². The summed E-state index contributed by atoms with van der Waals surface area (Å²) in [6, 6.07) is 6.61. The summed E-state index contributed by atoms with van der Waals surface area (Å²) in [6.45, 7) is 2.00. The quantitative estimate of drug-likeness (QED) is 0.767. The van der Waals surface area contributed by atoms with Crippen molar-refractivity contribution in [1.29, 1.82) is 0 Å². The van der Waals surface area contributed by atoms with E-state index in [1.807, 2.05) is 0 Å². The van der Waals surface area contributed by atoms with Crippen LogP contribution in [0.15, 0.2) is 24.3 Å². The van der Waals surface area contributed by atoms with Gasteiger partial charge in [0.15, 0.2) is 5.78 Å². The zero-order valence-electron chi connectivity index (χ0n) is 11.7. The second-order valence-corrected chi connectivity index (χ2v) is 6.65. The summed E-state index contributed by atoms with van der Waals surface area (Å²) in [5.41, 5.74) is 0.793. The van der Waals surface area contributed by atoms with Gasteiger partial charge in [0.25, 0.3) is 0 Å². The molecule has 1 heterocycles. The van der Waals surface area contributed by atoms with Crippen molar-refractivity contribution in [1.82, 2.24) is 0 Å². The van der Waals surface area contributed by atoms with Crippen LogP contribution in [0.2, 0.25) is 0 Å². The lowest BCUT2D eigenvalue weighted by Gasteiger charge is -2.29. The Morgan fingerprint density at radius 2 is 2.05 bits per heavy atom. The summed E-state index contributed by atoms with van der Waals surface area (Å²) in [5.74, 6) is -0.932. The van der Waals surface area contributed by atoms with Crippen LogP contribution in [0.5, 0.6) is 0 Å². The number of fused-ring (bicyclic) bond motifs is 1. The molecule has 1 aromatic rings. The number of benzene rings is 1. The number of carbonyl (C=O) groups is 2. The Kier molecular flexibility index (Phi) is 4.62. The third kappa shape index (κ3) is 3.41. The topological polar surface area (TPSA) is 80.8 Å². The normalized spacial score (nSPS) is 14.7. The van der Waals surface area contributed by atoms with E-state index in [0.717, 1.165) is 0 Å². The summed E-state index contributed by atoms with van der Waals surface area (Å²) in [5, 5.41) is 0. The Bertz CT molecular complexity index is 653. The maximum absolute atomic E-state index is 12.4. The summed E-state index contributed by atoms with van der Waals surface area (Å²) in [6.07, 6.45) is -0.0432. The monoisotopic (exact) mass is 311 g/mol. The number of ketones is 1.